The number of pyridine rings is 1. The quantitative estimate of drug-likeness (QED) is 0.484. The molecule has 0 saturated carbocycles. The van der Waals surface area contributed by atoms with Gasteiger partial charge in [0.05, 0.1) is 17.6 Å². The predicted octanol–water partition coefficient (Wildman–Crippen LogP) is 3.47. The second-order valence-electron chi connectivity index (χ2n) is 3.00. The largest absolute Gasteiger partial charge is 0.573 e. The van der Waals surface area contributed by atoms with E-state index in [0.29, 0.717) is 6.20 Å². The molecule has 0 atom stereocenters. The first-order valence-electron chi connectivity index (χ1n) is 4.37. The van der Waals surface area contributed by atoms with Crippen molar-refractivity contribution in [3.05, 3.63) is 23.0 Å². The molecule has 0 aliphatic heterocycles. The summed E-state index contributed by atoms with van der Waals surface area (Å²) in [5, 5.41) is 0. The van der Waals surface area contributed by atoms with E-state index in [4.69, 9.17) is 11.6 Å². The lowest BCUT2D eigenvalue weighted by molar-refractivity contribution is -0.275. The molecule has 0 fully saturated rings. The molecule has 100 valence electrons. The van der Waals surface area contributed by atoms with E-state index in [-0.39, 0.29) is 6.29 Å². The van der Waals surface area contributed by atoms with Gasteiger partial charge in [0.15, 0.2) is 12.0 Å². The third kappa shape index (κ3) is 3.28. The zero-order valence-corrected chi connectivity index (χ0v) is 9.23. The van der Waals surface area contributed by atoms with E-state index in [1.807, 2.05) is 0 Å². The third-order valence-electron chi connectivity index (χ3n) is 1.91. The van der Waals surface area contributed by atoms with Gasteiger partial charge in [-0.2, -0.15) is 0 Å². The van der Waals surface area contributed by atoms with Crippen LogP contribution in [0.25, 0.3) is 0 Å². The Bertz CT molecular complexity index is 449. The van der Waals surface area contributed by atoms with Crippen molar-refractivity contribution in [2.45, 2.75) is 18.7 Å². The standard InChI is InChI=1S/C9H5ClF5NO2/c10-1-4-5(3-17)16-2-6(7(4)8(11)12)18-9(13,14)15/h2-3,8H,1H2. The van der Waals surface area contributed by atoms with Crippen molar-refractivity contribution >= 4 is 17.9 Å². The number of carbonyl (C=O) groups excluding carboxylic acids is 1. The van der Waals surface area contributed by atoms with E-state index in [2.05, 4.69) is 9.72 Å². The van der Waals surface area contributed by atoms with Crippen LogP contribution in [0.3, 0.4) is 0 Å². The highest BCUT2D eigenvalue weighted by Crippen LogP contribution is 2.36. The third-order valence-corrected chi connectivity index (χ3v) is 2.18. The Morgan fingerprint density at radius 2 is 2.06 bits per heavy atom. The summed E-state index contributed by atoms with van der Waals surface area (Å²) in [6, 6.07) is 0. The van der Waals surface area contributed by atoms with Crippen molar-refractivity contribution in [1.82, 2.24) is 4.98 Å². The number of hydrogen-bond donors (Lipinski definition) is 0. The number of aldehydes is 1. The van der Waals surface area contributed by atoms with Crippen LogP contribution in [0.4, 0.5) is 22.0 Å². The summed E-state index contributed by atoms with van der Waals surface area (Å²) < 4.78 is 64.9. The molecule has 3 nitrogen and oxygen atoms in total. The molecule has 0 bridgehead atoms. The van der Waals surface area contributed by atoms with E-state index in [1.165, 1.54) is 0 Å². The van der Waals surface area contributed by atoms with Gasteiger partial charge in [0.1, 0.15) is 5.69 Å². The van der Waals surface area contributed by atoms with Gasteiger partial charge in [-0.15, -0.1) is 24.8 Å². The first kappa shape index (κ1) is 14.6. The highest BCUT2D eigenvalue weighted by molar-refractivity contribution is 6.17. The number of rotatable bonds is 4. The molecule has 0 aromatic carbocycles. The lowest BCUT2D eigenvalue weighted by Gasteiger charge is -2.15. The first-order valence-corrected chi connectivity index (χ1v) is 4.90. The van der Waals surface area contributed by atoms with Crippen LogP contribution in [0.1, 0.15) is 28.0 Å². The molecule has 0 saturated heterocycles. The normalized spacial score (nSPS) is 11.7. The maximum atomic E-state index is 12.7. The number of nitrogens with zero attached hydrogens (tertiary/aromatic N) is 1. The Kier molecular flexibility index (Phi) is 4.44. The second-order valence-corrected chi connectivity index (χ2v) is 3.27. The van der Waals surface area contributed by atoms with Crippen LogP contribution in [-0.2, 0) is 5.88 Å². The molecule has 1 aromatic heterocycles. The molecule has 0 aliphatic carbocycles. The predicted molar refractivity (Wildman–Crippen MR) is 50.8 cm³/mol. The minimum atomic E-state index is -5.14. The fraction of sp³-hybridized carbons (Fsp3) is 0.333. The number of ether oxygens (including phenoxy) is 1. The van der Waals surface area contributed by atoms with Gasteiger partial charge in [0, 0.05) is 5.56 Å². The number of aromatic nitrogens is 1. The molecule has 0 amide bonds. The van der Waals surface area contributed by atoms with Crippen LogP contribution in [0, 0.1) is 0 Å². The molecule has 0 spiro atoms. The maximum Gasteiger partial charge on any atom is 0.573 e. The summed E-state index contributed by atoms with van der Waals surface area (Å²) in [5.41, 5.74) is -2.02. The van der Waals surface area contributed by atoms with Gasteiger partial charge in [0.2, 0.25) is 0 Å². The van der Waals surface area contributed by atoms with Gasteiger partial charge in [-0.05, 0) is 0 Å². The van der Waals surface area contributed by atoms with Gasteiger partial charge in [0.25, 0.3) is 6.43 Å². The SMILES string of the molecule is O=Cc1ncc(OC(F)(F)F)c(C(F)F)c1CCl. The van der Waals surface area contributed by atoms with E-state index in [9.17, 15) is 26.7 Å². The molecule has 0 unspecified atom stereocenters. The van der Waals surface area contributed by atoms with E-state index in [0.717, 1.165) is 0 Å². The topological polar surface area (TPSA) is 39.2 Å². The van der Waals surface area contributed by atoms with Crippen molar-refractivity contribution in [3.8, 4) is 5.75 Å². The molecule has 1 rings (SSSR count). The Hall–Kier alpha value is -1.44. The number of alkyl halides is 6. The number of halogens is 6. The van der Waals surface area contributed by atoms with E-state index < -0.39 is 41.2 Å². The summed E-state index contributed by atoms with van der Waals surface area (Å²) in [5.74, 6) is -1.76. The maximum absolute atomic E-state index is 12.7. The summed E-state index contributed by atoms with van der Waals surface area (Å²) in [7, 11) is 0. The fourth-order valence-electron chi connectivity index (χ4n) is 1.25. The van der Waals surface area contributed by atoms with Crippen molar-refractivity contribution < 1.29 is 31.5 Å². The Labute approximate surface area is 103 Å². The van der Waals surface area contributed by atoms with Crippen molar-refractivity contribution in [3.63, 3.8) is 0 Å². The van der Waals surface area contributed by atoms with Gasteiger partial charge >= 0.3 is 6.36 Å². The minimum Gasteiger partial charge on any atom is -0.404 e. The Morgan fingerprint density at radius 1 is 1.44 bits per heavy atom. The zero-order chi connectivity index (χ0) is 13.9. The lowest BCUT2D eigenvalue weighted by atomic mass is 10.1. The molecule has 0 aliphatic rings. The second kappa shape index (κ2) is 5.47. The number of hydrogen-bond acceptors (Lipinski definition) is 3. The van der Waals surface area contributed by atoms with Crippen LogP contribution in [-0.4, -0.2) is 17.6 Å². The Morgan fingerprint density at radius 3 is 2.44 bits per heavy atom. The van der Waals surface area contributed by atoms with Crippen LogP contribution < -0.4 is 4.74 Å². The van der Waals surface area contributed by atoms with Crippen LogP contribution in [0.5, 0.6) is 5.75 Å². The molecule has 1 aromatic rings. The average molecular weight is 290 g/mol. The first-order chi connectivity index (χ1) is 8.30. The van der Waals surface area contributed by atoms with Gasteiger partial charge in [-0.1, -0.05) is 0 Å². The summed E-state index contributed by atoms with van der Waals surface area (Å²) in [6.07, 6.45) is -7.88. The van der Waals surface area contributed by atoms with E-state index >= 15 is 0 Å². The zero-order valence-electron chi connectivity index (χ0n) is 8.47. The Balaban J connectivity index is 3.39. The van der Waals surface area contributed by atoms with Gasteiger partial charge in [-0.3, -0.25) is 4.79 Å². The molecular formula is C9H5ClF5NO2. The minimum absolute atomic E-state index is 0.126. The number of carbonyl (C=O) groups is 1. The van der Waals surface area contributed by atoms with Crippen molar-refractivity contribution in [1.29, 1.82) is 0 Å². The lowest BCUT2D eigenvalue weighted by Crippen LogP contribution is -2.19. The molecule has 0 N–H and O–H groups in total. The fourth-order valence-corrected chi connectivity index (χ4v) is 1.53. The smallest absolute Gasteiger partial charge is 0.404 e. The molecule has 18 heavy (non-hydrogen) atoms. The highest BCUT2D eigenvalue weighted by Gasteiger charge is 2.34. The molecule has 1 heterocycles. The molecule has 9 heteroatoms. The van der Waals surface area contributed by atoms with Crippen molar-refractivity contribution in [2.24, 2.45) is 0 Å². The summed E-state index contributed by atoms with van der Waals surface area (Å²) in [4.78, 5) is 13.8. The summed E-state index contributed by atoms with van der Waals surface area (Å²) >= 11 is 5.33. The van der Waals surface area contributed by atoms with Gasteiger partial charge < -0.3 is 4.74 Å². The van der Waals surface area contributed by atoms with E-state index in [1.54, 1.807) is 0 Å². The van der Waals surface area contributed by atoms with Crippen molar-refractivity contribution in [2.75, 3.05) is 0 Å². The van der Waals surface area contributed by atoms with Crippen LogP contribution >= 0.6 is 11.6 Å². The molecular weight excluding hydrogens is 285 g/mol. The van der Waals surface area contributed by atoms with Gasteiger partial charge in [-0.25, -0.2) is 13.8 Å². The average Bonchev–Trinajstić information content (AvgIpc) is 2.25. The van der Waals surface area contributed by atoms with Crippen LogP contribution in [0.2, 0.25) is 0 Å². The highest BCUT2D eigenvalue weighted by atomic mass is 35.5. The summed E-state index contributed by atoms with van der Waals surface area (Å²) in [6.45, 7) is 0. The van der Waals surface area contributed by atoms with Crippen LogP contribution in [0.15, 0.2) is 6.20 Å². The molecule has 0 radical (unpaired) electrons. The monoisotopic (exact) mass is 289 g/mol.